The summed E-state index contributed by atoms with van der Waals surface area (Å²) >= 11 is 6.39. The Balaban J connectivity index is 1.27. The molecule has 2 aliphatic heterocycles. The number of pyridine rings is 1. The number of morpholine rings is 1. The number of hydrogen-bond donors (Lipinski definition) is 2. The van der Waals surface area contributed by atoms with Crippen LogP contribution in [-0.2, 0) is 16.0 Å². The minimum Gasteiger partial charge on any atom is -0.486 e. The third-order valence-corrected chi connectivity index (χ3v) is 6.77. The highest BCUT2D eigenvalue weighted by Crippen LogP contribution is 2.42. The maximum absolute atomic E-state index is 15.3. The summed E-state index contributed by atoms with van der Waals surface area (Å²) in [5.41, 5.74) is 8.35. The number of carbonyl (C=O) groups is 2. The Kier molecular flexibility index (Phi) is 7.57. The van der Waals surface area contributed by atoms with Crippen molar-refractivity contribution in [3.05, 3.63) is 82.3 Å². The summed E-state index contributed by atoms with van der Waals surface area (Å²) in [6.45, 7) is 2.15. The zero-order valence-corrected chi connectivity index (χ0v) is 21.2. The van der Waals surface area contributed by atoms with E-state index in [1.54, 1.807) is 53.6 Å². The van der Waals surface area contributed by atoms with Crippen molar-refractivity contribution < 1.29 is 23.5 Å². The van der Waals surface area contributed by atoms with Crippen molar-refractivity contribution in [3.63, 3.8) is 0 Å². The second-order valence-electron chi connectivity index (χ2n) is 9.04. The molecule has 2 aliphatic rings. The van der Waals surface area contributed by atoms with Gasteiger partial charge in [-0.25, -0.2) is 9.37 Å². The van der Waals surface area contributed by atoms with Gasteiger partial charge in [0.1, 0.15) is 23.5 Å². The highest BCUT2D eigenvalue weighted by Gasteiger charge is 2.29. The number of nitrogens with one attached hydrogen (secondary N) is 1. The number of nitrogen functional groups attached to an aromatic ring is 1. The summed E-state index contributed by atoms with van der Waals surface area (Å²) in [6.07, 6.45) is 4.68. The van der Waals surface area contributed by atoms with Crippen molar-refractivity contribution in [1.29, 1.82) is 0 Å². The lowest BCUT2D eigenvalue weighted by molar-refractivity contribution is -0.116. The monoisotopic (exact) mass is 536 g/mol. The van der Waals surface area contributed by atoms with Crippen LogP contribution in [0.4, 0.5) is 10.2 Å². The molecule has 8 nitrogen and oxygen atoms in total. The van der Waals surface area contributed by atoms with E-state index in [1.807, 2.05) is 0 Å². The lowest BCUT2D eigenvalue weighted by Gasteiger charge is -2.27. The quantitative estimate of drug-likeness (QED) is 0.465. The number of nitrogens with two attached hydrogens (primary N) is 1. The fraction of sp³-hybridized carbons (Fsp3) is 0.250. The van der Waals surface area contributed by atoms with Gasteiger partial charge in [0, 0.05) is 48.5 Å². The Labute approximate surface area is 224 Å². The van der Waals surface area contributed by atoms with Gasteiger partial charge < -0.3 is 25.4 Å². The Morgan fingerprint density at radius 3 is 2.68 bits per heavy atom. The summed E-state index contributed by atoms with van der Waals surface area (Å²) in [4.78, 5) is 30.7. The first-order valence-corrected chi connectivity index (χ1v) is 12.6. The second-order valence-corrected chi connectivity index (χ2v) is 9.45. The summed E-state index contributed by atoms with van der Waals surface area (Å²) in [5.74, 6) is -0.146. The average molecular weight is 537 g/mol. The maximum atomic E-state index is 15.3. The van der Waals surface area contributed by atoms with E-state index < -0.39 is 5.82 Å². The lowest BCUT2D eigenvalue weighted by atomic mass is 9.95. The SMILES string of the molecule is Nc1ccc(C=CC(=O)NCC2Cc3c(-c4ccc(C(=O)N5CCOCC5)cc4F)ccc(Cl)c3O2)cn1. The Morgan fingerprint density at radius 1 is 1.16 bits per heavy atom. The fourth-order valence-corrected chi connectivity index (χ4v) is 4.73. The number of halogens is 2. The minimum absolute atomic E-state index is 0.221. The third-order valence-electron chi connectivity index (χ3n) is 6.47. The number of fused-ring (bicyclic) bond motifs is 1. The van der Waals surface area contributed by atoms with Crippen LogP contribution in [0.3, 0.4) is 0 Å². The van der Waals surface area contributed by atoms with Gasteiger partial charge in [0.2, 0.25) is 5.91 Å². The number of anilines is 1. The van der Waals surface area contributed by atoms with Crippen LogP contribution in [0.5, 0.6) is 5.75 Å². The van der Waals surface area contributed by atoms with Crippen LogP contribution in [0.25, 0.3) is 17.2 Å². The first-order chi connectivity index (χ1) is 18.4. The molecule has 196 valence electrons. The minimum atomic E-state index is -0.507. The van der Waals surface area contributed by atoms with Crippen LogP contribution < -0.4 is 15.8 Å². The third kappa shape index (κ3) is 5.64. The van der Waals surface area contributed by atoms with Gasteiger partial charge in [-0.2, -0.15) is 0 Å². The zero-order valence-electron chi connectivity index (χ0n) is 20.5. The molecular weight excluding hydrogens is 511 g/mol. The summed E-state index contributed by atoms with van der Waals surface area (Å²) in [5, 5.41) is 3.23. The standard InChI is InChI=1S/C28H26ClFN4O4/c29-23-6-5-20(21-4-3-18(13-24(21)30)28(36)34-9-11-37-12-10-34)22-14-19(38-27(22)23)16-33-26(35)8-2-17-1-7-25(31)32-15-17/h1-8,13,15,19H,9-12,14,16H2,(H2,31,32)(H,33,35). The van der Waals surface area contributed by atoms with Gasteiger partial charge in [-0.3, -0.25) is 9.59 Å². The molecule has 1 atom stereocenters. The maximum Gasteiger partial charge on any atom is 0.254 e. The Hall–Kier alpha value is -3.95. The van der Waals surface area contributed by atoms with Crippen molar-refractivity contribution in [2.45, 2.75) is 12.5 Å². The van der Waals surface area contributed by atoms with Gasteiger partial charge in [0.05, 0.1) is 24.8 Å². The van der Waals surface area contributed by atoms with Crippen LogP contribution in [0.1, 0.15) is 21.5 Å². The smallest absolute Gasteiger partial charge is 0.254 e. The average Bonchev–Trinajstić information content (AvgIpc) is 3.37. The number of aromatic nitrogens is 1. The molecule has 3 aromatic rings. The molecule has 3 heterocycles. The number of benzene rings is 2. The van der Waals surface area contributed by atoms with Gasteiger partial charge >= 0.3 is 0 Å². The molecule has 1 fully saturated rings. The molecule has 0 saturated carbocycles. The molecule has 0 aliphatic carbocycles. The first kappa shape index (κ1) is 25.7. The van der Waals surface area contributed by atoms with E-state index in [0.29, 0.717) is 66.0 Å². The van der Waals surface area contributed by atoms with E-state index in [0.717, 1.165) is 11.1 Å². The molecule has 38 heavy (non-hydrogen) atoms. The molecule has 2 amide bonds. The van der Waals surface area contributed by atoms with Crippen LogP contribution in [0.15, 0.2) is 54.7 Å². The fourth-order valence-electron chi connectivity index (χ4n) is 4.51. The predicted molar refractivity (Wildman–Crippen MR) is 142 cm³/mol. The van der Waals surface area contributed by atoms with Crippen LogP contribution in [-0.4, -0.2) is 60.7 Å². The Bertz CT molecular complexity index is 1390. The van der Waals surface area contributed by atoms with Crippen molar-refractivity contribution >= 4 is 35.3 Å². The summed E-state index contributed by atoms with van der Waals surface area (Å²) in [7, 11) is 0. The van der Waals surface area contributed by atoms with E-state index in [2.05, 4.69) is 10.3 Å². The molecule has 0 bridgehead atoms. The highest BCUT2D eigenvalue weighted by atomic mass is 35.5. The van der Waals surface area contributed by atoms with E-state index in [-0.39, 0.29) is 24.5 Å². The highest BCUT2D eigenvalue weighted by molar-refractivity contribution is 6.32. The Morgan fingerprint density at radius 2 is 1.95 bits per heavy atom. The first-order valence-electron chi connectivity index (χ1n) is 12.2. The van der Waals surface area contributed by atoms with E-state index in [1.165, 1.54) is 12.1 Å². The number of amides is 2. The van der Waals surface area contributed by atoms with Crippen LogP contribution in [0.2, 0.25) is 5.02 Å². The van der Waals surface area contributed by atoms with Gasteiger partial charge in [-0.15, -0.1) is 0 Å². The molecule has 3 N–H and O–H groups in total. The molecule has 2 aromatic carbocycles. The molecule has 5 rings (SSSR count). The number of ether oxygens (including phenoxy) is 2. The molecule has 1 unspecified atom stereocenters. The van der Waals surface area contributed by atoms with Crippen molar-refractivity contribution in [2.24, 2.45) is 0 Å². The topological polar surface area (TPSA) is 107 Å². The number of rotatable bonds is 6. The van der Waals surface area contributed by atoms with Gasteiger partial charge in [0.25, 0.3) is 5.91 Å². The lowest BCUT2D eigenvalue weighted by Crippen LogP contribution is -2.40. The molecule has 10 heteroatoms. The van der Waals surface area contributed by atoms with E-state index >= 15 is 4.39 Å². The largest absolute Gasteiger partial charge is 0.486 e. The molecule has 1 aromatic heterocycles. The van der Waals surface area contributed by atoms with Gasteiger partial charge in [-0.1, -0.05) is 23.7 Å². The number of nitrogens with zero attached hydrogens (tertiary/aromatic N) is 2. The molecule has 0 spiro atoms. The van der Waals surface area contributed by atoms with Crippen molar-refractivity contribution in [3.8, 4) is 16.9 Å². The van der Waals surface area contributed by atoms with E-state index in [4.69, 9.17) is 26.8 Å². The van der Waals surface area contributed by atoms with Crippen molar-refractivity contribution in [1.82, 2.24) is 15.2 Å². The molecular formula is C28H26ClFN4O4. The van der Waals surface area contributed by atoms with Gasteiger partial charge in [0.15, 0.2) is 0 Å². The second kappa shape index (κ2) is 11.2. The zero-order chi connectivity index (χ0) is 26.6. The number of hydrogen-bond acceptors (Lipinski definition) is 6. The molecule has 0 radical (unpaired) electrons. The van der Waals surface area contributed by atoms with E-state index in [9.17, 15) is 9.59 Å². The van der Waals surface area contributed by atoms with Crippen LogP contribution in [0, 0.1) is 5.82 Å². The van der Waals surface area contributed by atoms with Crippen molar-refractivity contribution in [2.75, 3.05) is 38.6 Å². The summed E-state index contributed by atoms with van der Waals surface area (Å²) < 4.78 is 26.6. The van der Waals surface area contributed by atoms with Crippen LogP contribution >= 0.6 is 11.6 Å². The molecule has 1 saturated heterocycles. The normalized spacial score (nSPS) is 16.8. The summed E-state index contributed by atoms with van der Waals surface area (Å²) in [6, 6.07) is 11.3. The predicted octanol–water partition coefficient (Wildman–Crippen LogP) is 3.73. The van der Waals surface area contributed by atoms with Gasteiger partial charge in [-0.05, 0) is 47.5 Å². The number of carbonyl (C=O) groups excluding carboxylic acids is 2.